The molecule has 7 nitrogen and oxygen atoms in total. The molecule has 2 aliphatic rings. The molecule has 5 rings (SSSR count). The lowest BCUT2D eigenvalue weighted by Crippen LogP contribution is -2.53. The van der Waals surface area contributed by atoms with Gasteiger partial charge in [-0.2, -0.15) is 8.78 Å². The van der Waals surface area contributed by atoms with Crippen LogP contribution in [0.15, 0.2) is 46.9 Å². The number of halogens is 3. The lowest BCUT2D eigenvalue weighted by molar-refractivity contribution is -0.151. The van der Waals surface area contributed by atoms with Crippen LogP contribution in [0.5, 0.6) is 11.5 Å². The zero-order valence-electron chi connectivity index (χ0n) is 18.1. The van der Waals surface area contributed by atoms with Crippen LogP contribution in [0.4, 0.5) is 8.78 Å². The lowest BCUT2D eigenvalue weighted by atomic mass is 9.99. The highest BCUT2D eigenvalue weighted by Gasteiger charge is 2.46. The molecule has 1 amide bonds. The van der Waals surface area contributed by atoms with Gasteiger partial charge >= 0.3 is 5.92 Å². The number of hydrogen-bond acceptors (Lipinski definition) is 6. The Labute approximate surface area is 199 Å². The number of ether oxygens (including phenoxy) is 2. The molecule has 0 bridgehead atoms. The topological polar surface area (TPSA) is 84.2 Å². The van der Waals surface area contributed by atoms with Crippen molar-refractivity contribution in [2.75, 3.05) is 32.8 Å². The standard InChI is InChI=1S/C24H23ClF2N2O5/c25-16-3-5-18-15(10-16)12-21(34-18)24(26,27)23(31)28-17(13-29-6-1-7-29)22(30)14-2-4-19-20(11-14)33-9-8-32-19/h2-5,10-12,17,22,30H,1,6-9,13H2,(H,28,31)/t17-,22+/m1/s1. The van der Waals surface area contributed by atoms with E-state index in [-0.39, 0.29) is 12.1 Å². The third-order valence-corrected chi connectivity index (χ3v) is 6.32. The van der Waals surface area contributed by atoms with Crippen molar-refractivity contribution in [3.05, 3.63) is 58.8 Å². The quantitative estimate of drug-likeness (QED) is 0.521. The molecule has 180 valence electrons. The number of carbonyl (C=O) groups is 1. The van der Waals surface area contributed by atoms with E-state index in [1.165, 1.54) is 18.2 Å². The van der Waals surface area contributed by atoms with Gasteiger partial charge in [-0.05, 0) is 61.5 Å². The molecule has 3 aromatic rings. The first kappa shape index (κ1) is 22.9. The van der Waals surface area contributed by atoms with Gasteiger partial charge in [0, 0.05) is 17.0 Å². The number of likely N-dealkylation sites (tertiary alicyclic amines) is 1. The second-order valence-corrected chi connectivity index (χ2v) is 8.89. The number of fused-ring (bicyclic) bond motifs is 2. The molecule has 2 N–H and O–H groups in total. The molecule has 1 saturated heterocycles. The van der Waals surface area contributed by atoms with Gasteiger partial charge in [-0.3, -0.25) is 4.79 Å². The number of furan rings is 1. The highest BCUT2D eigenvalue weighted by Crippen LogP contribution is 2.36. The summed E-state index contributed by atoms with van der Waals surface area (Å²) in [5, 5.41) is 14.1. The normalized spacial score (nSPS) is 17.8. The molecule has 34 heavy (non-hydrogen) atoms. The second kappa shape index (κ2) is 9.05. The van der Waals surface area contributed by atoms with Crippen LogP contribution in [0, 0.1) is 0 Å². The summed E-state index contributed by atoms with van der Waals surface area (Å²) in [6.45, 7) is 2.54. The second-order valence-electron chi connectivity index (χ2n) is 8.45. The molecule has 2 aromatic carbocycles. The minimum atomic E-state index is -3.95. The molecule has 2 atom stereocenters. The molecule has 0 aliphatic carbocycles. The fourth-order valence-corrected chi connectivity index (χ4v) is 4.26. The van der Waals surface area contributed by atoms with Crippen molar-refractivity contribution < 1.29 is 32.6 Å². The summed E-state index contributed by atoms with van der Waals surface area (Å²) in [4.78, 5) is 14.7. The summed E-state index contributed by atoms with van der Waals surface area (Å²) >= 11 is 5.92. The van der Waals surface area contributed by atoms with Gasteiger partial charge in [-0.25, -0.2) is 0 Å². The molecule has 3 heterocycles. The van der Waals surface area contributed by atoms with Crippen LogP contribution >= 0.6 is 11.6 Å². The van der Waals surface area contributed by atoms with Crippen molar-refractivity contribution in [3.8, 4) is 11.5 Å². The van der Waals surface area contributed by atoms with Crippen LogP contribution in [0.25, 0.3) is 11.0 Å². The van der Waals surface area contributed by atoms with Crippen LogP contribution in [0.3, 0.4) is 0 Å². The van der Waals surface area contributed by atoms with Gasteiger partial charge in [-0.15, -0.1) is 0 Å². The van der Waals surface area contributed by atoms with Crippen LogP contribution in [-0.4, -0.2) is 54.8 Å². The van der Waals surface area contributed by atoms with E-state index in [9.17, 15) is 9.90 Å². The van der Waals surface area contributed by atoms with E-state index in [0.29, 0.717) is 40.7 Å². The van der Waals surface area contributed by atoms with E-state index in [4.69, 9.17) is 25.5 Å². The molecule has 0 radical (unpaired) electrons. The molecule has 1 fully saturated rings. The van der Waals surface area contributed by atoms with Crippen molar-refractivity contribution in [2.45, 2.75) is 24.5 Å². The molecule has 0 unspecified atom stereocenters. The zero-order valence-corrected chi connectivity index (χ0v) is 18.9. The first-order chi connectivity index (χ1) is 16.3. The Balaban J connectivity index is 1.38. The predicted molar refractivity (Wildman–Crippen MR) is 120 cm³/mol. The van der Waals surface area contributed by atoms with E-state index in [0.717, 1.165) is 25.6 Å². The minimum absolute atomic E-state index is 0.195. The van der Waals surface area contributed by atoms with Crippen molar-refractivity contribution in [2.24, 2.45) is 0 Å². The molecule has 1 aromatic heterocycles. The Morgan fingerprint density at radius 2 is 1.88 bits per heavy atom. The Morgan fingerprint density at radius 3 is 2.62 bits per heavy atom. The Kier molecular flexibility index (Phi) is 6.09. The summed E-state index contributed by atoms with van der Waals surface area (Å²) in [6.07, 6.45) is -0.274. The average molecular weight is 493 g/mol. The Bertz CT molecular complexity index is 1210. The maximum atomic E-state index is 15.1. The summed E-state index contributed by atoms with van der Waals surface area (Å²) in [5.41, 5.74) is 0.622. The first-order valence-electron chi connectivity index (χ1n) is 11.0. The number of benzene rings is 2. The van der Waals surface area contributed by atoms with Gasteiger partial charge in [0.05, 0.1) is 6.04 Å². The van der Waals surface area contributed by atoms with Gasteiger partial charge in [0.1, 0.15) is 24.9 Å². The number of aliphatic hydroxyl groups excluding tert-OH is 1. The van der Waals surface area contributed by atoms with E-state index in [2.05, 4.69) is 5.32 Å². The average Bonchev–Trinajstić information content (AvgIpc) is 3.23. The smallest absolute Gasteiger partial charge is 0.380 e. The van der Waals surface area contributed by atoms with Crippen molar-refractivity contribution in [1.29, 1.82) is 0 Å². The monoisotopic (exact) mass is 492 g/mol. The van der Waals surface area contributed by atoms with Gasteiger partial charge in [0.15, 0.2) is 17.3 Å². The molecule has 10 heteroatoms. The fraction of sp³-hybridized carbons (Fsp3) is 0.375. The predicted octanol–water partition coefficient (Wildman–Crippen LogP) is 3.87. The van der Waals surface area contributed by atoms with Gasteiger partial charge in [-0.1, -0.05) is 17.7 Å². The van der Waals surface area contributed by atoms with E-state index >= 15 is 8.78 Å². The maximum absolute atomic E-state index is 15.1. The van der Waals surface area contributed by atoms with Crippen molar-refractivity contribution in [1.82, 2.24) is 10.2 Å². The van der Waals surface area contributed by atoms with Crippen LogP contribution in [-0.2, 0) is 10.7 Å². The summed E-state index contributed by atoms with van der Waals surface area (Å²) < 4.78 is 46.5. The highest BCUT2D eigenvalue weighted by atomic mass is 35.5. The van der Waals surface area contributed by atoms with Crippen molar-refractivity contribution in [3.63, 3.8) is 0 Å². The van der Waals surface area contributed by atoms with E-state index < -0.39 is 29.7 Å². The minimum Gasteiger partial charge on any atom is -0.486 e. The zero-order chi connectivity index (χ0) is 23.9. The van der Waals surface area contributed by atoms with Gasteiger partial charge < -0.3 is 29.2 Å². The SMILES string of the molecule is O=C(N[C@H](CN1CCC1)[C@@H](O)c1ccc2c(c1)OCCO2)C(F)(F)c1cc2cc(Cl)ccc2o1. The number of amides is 1. The number of alkyl halides is 2. The Hall–Kier alpha value is -2.88. The van der Waals surface area contributed by atoms with E-state index in [1.54, 1.807) is 18.2 Å². The first-order valence-corrected chi connectivity index (χ1v) is 11.4. The van der Waals surface area contributed by atoms with Gasteiger partial charge in [0.2, 0.25) is 0 Å². The lowest BCUT2D eigenvalue weighted by Gasteiger charge is -2.36. The molecule has 0 spiro atoms. The number of carbonyl (C=O) groups excluding carboxylic acids is 1. The number of aliphatic hydroxyl groups is 1. The molecular weight excluding hydrogens is 470 g/mol. The Morgan fingerprint density at radius 1 is 1.12 bits per heavy atom. The summed E-state index contributed by atoms with van der Waals surface area (Å²) in [5.74, 6) is -5.30. The number of hydrogen-bond donors (Lipinski definition) is 2. The molecule has 2 aliphatic heterocycles. The molecular formula is C24H23ClF2N2O5. The summed E-state index contributed by atoms with van der Waals surface area (Å²) in [6, 6.07) is 9.47. The highest BCUT2D eigenvalue weighted by molar-refractivity contribution is 6.31. The van der Waals surface area contributed by atoms with Crippen molar-refractivity contribution >= 4 is 28.5 Å². The third kappa shape index (κ3) is 4.43. The largest absolute Gasteiger partial charge is 0.486 e. The van der Waals surface area contributed by atoms with Crippen LogP contribution in [0.1, 0.15) is 23.8 Å². The number of nitrogens with zero attached hydrogens (tertiary/aromatic N) is 1. The van der Waals surface area contributed by atoms with Gasteiger partial charge in [0.25, 0.3) is 5.91 Å². The summed E-state index contributed by atoms with van der Waals surface area (Å²) in [7, 11) is 0. The number of rotatable bonds is 7. The van der Waals surface area contributed by atoms with E-state index in [1.807, 2.05) is 4.90 Å². The van der Waals surface area contributed by atoms with Crippen LogP contribution in [0.2, 0.25) is 5.02 Å². The third-order valence-electron chi connectivity index (χ3n) is 6.08. The maximum Gasteiger partial charge on any atom is 0.380 e. The molecule has 0 saturated carbocycles. The van der Waals surface area contributed by atoms with Crippen LogP contribution < -0.4 is 14.8 Å². The fourth-order valence-electron chi connectivity index (χ4n) is 4.08. The number of nitrogens with one attached hydrogen (secondary N) is 1.